The van der Waals surface area contributed by atoms with E-state index in [1.165, 1.54) is 0 Å². The molecule has 2 rings (SSSR count). The van der Waals surface area contributed by atoms with Crippen molar-refractivity contribution in [3.8, 4) is 0 Å². The second-order valence-electron chi connectivity index (χ2n) is 9.83. The van der Waals surface area contributed by atoms with E-state index >= 15 is 0 Å². The monoisotopic (exact) mass is 423 g/mol. The maximum absolute atomic E-state index is 13.5. The number of nitrogens with one attached hydrogen (secondary N) is 2. The summed E-state index contributed by atoms with van der Waals surface area (Å²) in [6.45, 7) is 11.8. The largest absolute Gasteiger partial charge is 0.465 e. The van der Waals surface area contributed by atoms with Gasteiger partial charge in [-0.3, -0.25) is 19.7 Å². The first kappa shape index (κ1) is 24.6. The first-order valence-corrected chi connectivity index (χ1v) is 11.7. The lowest BCUT2D eigenvalue weighted by Crippen LogP contribution is -2.58. The van der Waals surface area contributed by atoms with Crippen LogP contribution in [0.2, 0.25) is 0 Å². The fraction of sp³-hybridized carbons (Fsp3) is 0.870. The van der Waals surface area contributed by atoms with Gasteiger partial charge in [0.15, 0.2) is 0 Å². The van der Waals surface area contributed by atoms with Gasteiger partial charge in [0, 0.05) is 11.6 Å². The number of carbonyl (C=O) groups is 3. The summed E-state index contributed by atoms with van der Waals surface area (Å²) in [4.78, 5) is 40.7. The predicted octanol–water partition coefficient (Wildman–Crippen LogP) is 2.77. The zero-order chi connectivity index (χ0) is 22.5. The quantitative estimate of drug-likeness (QED) is 0.586. The van der Waals surface area contributed by atoms with Crippen LogP contribution in [0.4, 0.5) is 0 Å². The number of esters is 1. The molecule has 2 amide bonds. The van der Waals surface area contributed by atoms with Crippen LogP contribution in [0.1, 0.15) is 86.5 Å². The van der Waals surface area contributed by atoms with E-state index in [-0.39, 0.29) is 29.4 Å². The average molecular weight is 424 g/mol. The van der Waals surface area contributed by atoms with E-state index in [9.17, 15) is 14.4 Å². The van der Waals surface area contributed by atoms with Crippen molar-refractivity contribution in [2.24, 2.45) is 5.92 Å². The van der Waals surface area contributed by atoms with E-state index in [0.717, 1.165) is 38.5 Å². The van der Waals surface area contributed by atoms with Crippen molar-refractivity contribution < 1.29 is 19.1 Å². The standard InChI is InChI=1S/C23H41N3O4/c1-7-11-17(22(29)30-8-2)24-15(3)21(28)26-18-13-10-9-12-16(18)14-19(26)20(27)25-23(4,5)6/h15-19,24H,7-14H2,1-6H3,(H,25,27)/t15-,16-,17-,18-,19-/m0/s1. The Balaban J connectivity index is 2.18. The molecule has 7 heteroatoms. The molecule has 2 fully saturated rings. The van der Waals surface area contributed by atoms with Gasteiger partial charge in [-0.25, -0.2) is 0 Å². The third-order valence-electron chi connectivity index (χ3n) is 6.11. The molecule has 2 aliphatic rings. The van der Waals surface area contributed by atoms with Crippen molar-refractivity contribution in [1.29, 1.82) is 0 Å². The number of likely N-dealkylation sites (tertiary alicyclic amines) is 1. The molecule has 1 saturated heterocycles. The highest BCUT2D eigenvalue weighted by molar-refractivity contribution is 5.91. The zero-order valence-corrected chi connectivity index (χ0v) is 19.6. The summed E-state index contributed by atoms with van der Waals surface area (Å²) < 4.78 is 5.17. The van der Waals surface area contributed by atoms with E-state index in [1.54, 1.807) is 13.8 Å². The lowest BCUT2D eigenvalue weighted by Gasteiger charge is -2.36. The number of hydrogen-bond donors (Lipinski definition) is 2. The van der Waals surface area contributed by atoms with Crippen molar-refractivity contribution >= 4 is 17.8 Å². The van der Waals surface area contributed by atoms with Crippen LogP contribution in [0.5, 0.6) is 0 Å². The molecule has 7 nitrogen and oxygen atoms in total. The van der Waals surface area contributed by atoms with Crippen LogP contribution >= 0.6 is 0 Å². The van der Waals surface area contributed by atoms with Gasteiger partial charge in [-0.15, -0.1) is 0 Å². The molecule has 1 aliphatic heterocycles. The summed E-state index contributed by atoms with van der Waals surface area (Å²) in [7, 11) is 0. The molecule has 0 aromatic heterocycles. The lowest BCUT2D eigenvalue weighted by molar-refractivity contribution is -0.147. The minimum absolute atomic E-state index is 0.0760. The van der Waals surface area contributed by atoms with Crippen LogP contribution in [-0.4, -0.2) is 59.0 Å². The number of nitrogens with zero attached hydrogens (tertiary/aromatic N) is 1. The van der Waals surface area contributed by atoms with Gasteiger partial charge in [0.25, 0.3) is 0 Å². The summed E-state index contributed by atoms with van der Waals surface area (Å²) in [6.07, 6.45) is 6.39. The van der Waals surface area contributed by atoms with Gasteiger partial charge in [-0.05, 0) is 66.2 Å². The third kappa shape index (κ3) is 6.19. The molecule has 1 saturated carbocycles. The highest BCUT2D eigenvalue weighted by atomic mass is 16.5. The molecule has 0 bridgehead atoms. The van der Waals surface area contributed by atoms with Gasteiger partial charge in [0.2, 0.25) is 11.8 Å². The van der Waals surface area contributed by atoms with Gasteiger partial charge in [-0.2, -0.15) is 0 Å². The van der Waals surface area contributed by atoms with Crippen molar-refractivity contribution in [1.82, 2.24) is 15.5 Å². The molecular weight excluding hydrogens is 382 g/mol. The number of carbonyl (C=O) groups excluding carboxylic acids is 3. The number of rotatable bonds is 8. The molecule has 5 atom stereocenters. The average Bonchev–Trinajstić information content (AvgIpc) is 3.05. The van der Waals surface area contributed by atoms with Gasteiger partial charge in [0.1, 0.15) is 12.1 Å². The van der Waals surface area contributed by atoms with E-state index < -0.39 is 18.1 Å². The Morgan fingerprint density at radius 3 is 2.40 bits per heavy atom. The maximum Gasteiger partial charge on any atom is 0.323 e. The van der Waals surface area contributed by atoms with Crippen LogP contribution < -0.4 is 10.6 Å². The molecule has 0 radical (unpaired) electrons. The summed E-state index contributed by atoms with van der Waals surface area (Å²) in [6, 6.07) is -1.41. The molecule has 0 spiro atoms. The fourth-order valence-corrected chi connectivity index (χ4v) is 4.86. The Bertz CT molecular complexity index is 616. The topological polar surface area (TPSA) is 87.7 Å². The molecule has 0 aromatic rings. The summed E-state index contributed by atoms with van der Waals surface area (Å²) >= 11 is 0. The number of ether oxygens (including phenoxy) is 1. The molecule has 1 aliphatic carbocycles. The highest BCUT2D eigenvalue weighted by Crippen LogP contribution is 2.40. The Morgan fingerprint density at radius 1 is 1.13 bits per heavy atom. The predicted molar refractivity (Wildman–Crippen MR) is 117 cm³/mol. The minimum atomic E-state index is -0.559. The second-order valence-corrected chi connectivity index (χ2v) is 9.83. The van der Waals surface area contributed by atoms with Gasteiger partial charge in [0.05, 0.1) is 12.6 Å². The molecule has 30 heavy (non-hydrogen) atoms. The van der Waals surface area contributed by atoms with E-state index in [4.69, 9.17) is 4.74 Å². The Labute approximate surface area is 181 Å². The summed E-state index contributed by atoms with van der Waals surface area (Å²) in [5.41, 5.74) is -0.348. The normalized spacial score (nSPS) is 25.9. The third-order valence-corrected chi connectivity index (χ3v) is 6.11. The van der Waals surface area contributed by atoms with Crippen LogP contribution in [0.25, 0.3) is 0 Å². The molecule has 2 N–H and O–H groups in total. The van der Waals surface area contributed by atoms with Gasteiger partial charge < -0.3 is 15.0 Å². The molecule has 172 valence electrons. The van der Waals surface area contributed by atoms with Crippen molar-refractivity contribution in [2.45, 2.75) is 116 Å². The van der Waals surface area contributed by atoms with Gasteiger partial charge in [-0.1, -0.05) is 26.2 Å². The van der Waals surface area contributed by atoms with Crippen molar-refractivity contribution in [3.63, 3.8) is 0 Å². The Morgan fingerprint density at radius 2 is 1.80 bits per heavy atom. The smallest absolute Gasteiger partial charge is 0.323 e. The Kier molecular flexibility index (Phi) is 8.71. The van der Waals surface area contributed by atoms with E-state index in [1.807, 2.05) is 32.6 Å². The first-order chi connectivity index (χ1) is 14.1. The highest BCUT2D eigenvalue weighted by Gasteiger charge is 2.48. The van der Waals surface area contributed by atoms with Crippen molar-refractivity contribution in [2.75, 3.05) is 6.61 Å². The maximum atomic E-state index is 13.5. The van der Waals surface area contributed by atoms with Crippen LogP contribution in [0.3, 0.4) is 0 Å². The second kappa shape index (κ2) is 10.6. The number of amides is 2. The van der Waals surface area contributed by atoms with Crippen LogP contribution in [0, 0.1) is 5.92 Å². The summed E-state index contributed by atoms with van der Waals surface area (Å²) in [5, 5.41) is 6.25. The fourth-order valence-electron chi connectivity index (χ4n) is 4.86. The van der Waals surface area contributed by atoms with E-state index in [0.29, 0.717) is 18.9 Å². The minimum Gasteiger partial charge on any atom is -0.465 e. The van der Waals surface area contributed by atoms with Crippen LogP contribution in [-0.2, 0) is 19.1 Å². The first-order valence-electron chi connectivity index (χ1n) is 11.7. The van der Waals surface area contributed by atoms with E-state index in [2.05, 4.69) is 10.6 Å². The molecule has 1 heterocycles. The molecule has 0 unspecified atom stereocenters. The summed E-state index contributed by atoms with van der Waals surface area (Å²) in [5.74, 6) is -0.114. The van der Waals surface area contributed by atoms with Crippen LogP contribution in [0.15, 0.2) is 0 Å². The number of fused-ring (bicyclic) bond motifs is 1. The molecule has 0 aromatic carbocycles. The Hall–Kier alpha value is -1.63. The number of hydrogen-bond acceptors (Lipinski definition) is 5. The SMILES string of the molecule is CCC[C@H](N[C@@H](C)C(=O)N1[C@H](C(=O)NC(C)(C)C)C[C@@H]2CCCC[C@@H]21)C(=O)OCC. The van der Waals surface area contributed by atoms with Gasteiger partial charge >= 0.3 is 5.97 Å². The van der Waals surface area contributed by atoms with Crippen molar-refractivity contribution in [3.05, 3.63) is 0 Å². The lowest BCUT2D eigenvalue weighted by atomic mass is 9.84. The zero-order valence-electron chi connectivity index (χ0n) is 19.6. The molecular formula is C23H41N3O4.